The second-order valence-corrected chi connectivity index (χ2v) is 9.00. The third-order valence-corrected chi connectivity index (χ3v) is 5.87. The lowest BCUT2D eigenvalue weighted by Gasteiger charge is -2.07. The summed E-state index contributed by atoms with van der Waals surface area (Å²) in [5.74, 6) is -0.620. The standard InChI is InChI=1S/C25H24FN3O2S/c1-15(2)18-7-5-17(6-8-18)13-22-24(31)29(20-11-9-19(26)10-12-20)25(32-22)21(14-27)23(30)28-16(3)4/h5-13,15-16H,1-4H3,(H,28,30). The molecule has 0 saturated heterocycles. The zero-order chi connectivity index (χ0) is 23.4. The molecule has 0 saturated carbocycles. The first-order valence-electron chi connectivity index (χ1n) is 10.3. The van der Waals surface area contributed by atoms with Crippen molar-refractivity contribution in [2.24, 2.45) is 0 Å². The van der Waals surface area contributed by atoms with Gasteiger partial charge in [-0.05, 0) is 61.2 Å². The van der Waals surface area contributed by atoms with Gasteiger partial charge < -0.3 is 5.32 Å². The lowest BCUT2D eigenvalue weighted by atomic mass is 10.0. The normalized spacial score (nSPS) is 12.8. The van der Waals surface area contributed by atoms with Crippen molar-refractivity contribution in [2.75, 3.05) is 0 Å². The second kappa shape index (κ2) is 9.75. The maximum atomic E-state index is 13.5. The van der Waals surface area contributed by atoms with Crippen LogP contribution in [0.1, 0.15) is 44.7 Å². The topological polar surface area (TPSA) is 74.9 Å². The van der Waals surface area contributed by atoms with Gasteiger partial charge in [0.25, 0.3) is 11.5 Å². The predicted molar refractivity (Wildman–Crippen MR) is 126 cm³/mol. The Morgan fingerprint density at radius 3 is 2.25 bits per heavy atom. The summed E-state index contributed by atoms with van der Waals surface area (Å²) in [6, 6.07) is 15.0. The zero-order valence-corrected chi connectivity index (χ0v) is 19.2. The third kappa shape index (κ3) is 5.04. The van der Waals surface area contributed by atoms with Crippen molar-refractivity contribution in [3.05, 3.63) is 85.0 Å². The summed E-state index contributed by atoms with van der Waals surface area (Å²) >= 11 is 1.06. The summed E-state index contributed by atoms with van der Waals surface area (Å²) < 4.78 is 15.3. The van der Waals surface area contributed by atoms with Crippen LogP contribution < -0.4 is 20.1 Å². The van der Waals surface area contributed by atoms with Crippen LogP contribution in [0.5, 0.6) is 0 Å². The molecule has 0 bridgehead atoms. The summed E-state index contributed by atoms with van der Waals surface area (Å²) in [4.78, 5) is 26.0. The van der Waals surface area contributed by atoms with E-state index in [-0.39, 0.29) is 21.8 Å². The molecule has 3 aromatic rings. The average molecular weight is 450 g/mol. The molecule has 0 fully saturated rings. The summed E-state index contributed by atoms with van der Waals surface area (Å²) in [5.41, 5.74) is 1.84. The van der Waals surface area contributed by atoms with Crippen LogP contribution in [-0.2, 0) is 4.79 Å². The first-order chi connectivity index (χ1) is 15.2. The molecule has 0 aliphatic rings. The molecule has 2 aromatic carbocycles. The molecule has 0 aliphatic heterocycles. The van der Waals surface area contributed by atoms with Crippen LogP contribution in [0.2, 0.25) is 0 Å². The van der Waals surface area contributed by atoms with Gasteiger partial charge >= 0.3 is 0 Å². The summed E-state index contributed by atoms with van der Waals surface area (Å²) in [7, 11) is 0. The molecule has 7 heteroatoms. The molecule has 0 spiro atoms. The molecule has 3 rings (SSSR count). The Morgan fingerprint density at radius 1 is 1.09 bits per heavy atom. The van der Waals surface area contributed by atoms with Gasteiger partial charge in [-0.1, -0.05) is 38.1 Å². The Kier molecular flexibility index (Phi) is 7.06. The van der Waals surface area contributed by atoms with Crippen molar-refractivity contribution in [1.82, 2.24) is 9.88 Å². The second-order valence-electron chi connectivity index (χ2n) is 7.97. The number of thiazole rings is 1. The van der Waals surface area contributed by atoms with E-state index in [4.69, 9.17) is 0 Å². The Bertz CT molecular complexity index is 1340. The molecule has 0 aliphatic carbocycles. The summed E-state index contributed by atoms with van der Waals surface area (Å²) in [5, 5.41) is 12.4. The van der Waals surface area contributed by atoms with E-state index in [2.05, 4.69) is 19.2 Å². The first-order valence-corrected chi connectivity index (χ1v) is 11.1. The van der Waals surface area contributed by atoms with E-state index in [0.29, 0.717) is 16.1 Å². The number of nitrogens with zero attached hydrogens (tertiary/aromatic N) is 2. The van der Waals surface area contributed by atoms with E-state index in [0.717, 1.165) is 16.9 Å². The highest BCUT2D eigenvalue weighted by atomic mass is 32.1. The Morgan fingerprint density at radius 2 is 1.72 bits per heavy atom. The van der Waals surface area contributed by atoms with E-state index in [1.165, 1.54) is 34.4 Å². The van der Waals surface area contributed by atoms with E-state index in [9.17, 15) is 19.2 Å². The fourth-order valence-corrected chi connectivity index (χ4v) is 4.24. The van der Waals surface area contributed by atoms with Gasteiger partial charge in [-0.3, -0.25) is 14.2 Å². The van der Waals surface area contributed by atoms with E-state index < -0.39 is 11.7 Å². The number of aromatic nitrogens is 1. The number of nitriles is 1. The molecule has 5 nitrogen and oxygen atoms in total. The SMILES string of the molecule is CC(C)NC(=O)C(C#N)=c1sc(=Cc2ccc(C(C)C)cc2)c(=O)n1-c1ccc(F)cc1. The Balaban J connectivity index is 2.30. The number of rotatable bonds is 5. The minimum Gasteiger partial charge on any atom is -0.349 e. The van der Waals surface area contributed by atoms with Gasteiger partial charge in [-0.25, -0.2) is 4.39 Å². The van der Waals surface area contributed by atoms with Crippen LogP contribution in [0, 0.1) is 17.1 Å². The van der Waals surface area contributed by atoms with Gasteiger partial charge in [-0.2, -0.15) is 5.26 Å². The Labute approximate surface area is 189 Å². The van der Waals surface area contributed by atoms with Crippen molar-refractivity contribution in [3.8, 4) is 11.8 Å². The number of hydrogen-bond acceptors (Lipinski definition) is 4. The molecule has 32 heavy (non-hydrogen) atoms. The van der Waals surface area contributed by atoms with Crippen molar-refractivity contribution in [2.45, 2.75) is 39.7 Å². The van der Waals surface area contributed by atoms with Crippen LogP contribution in [0.4, 0.5) is 4.39 Å². The molecule has 1 heterocycles. The first kappa shape index (κ1) is 23.2. The highest BCUT2D eigenvalue weighted by Gasteiger charge is 2.17. The summed E-state index contributed by atoms with van der Waals surface area (Å²) in [6.07, 6.45) is 1.73. The van der Waals surface area contributed by atoms with E-state index in [1.54, 1.807) is 19.9 Å². The average Bonchev–Trinajstić information content (AvgIpc) is 3.05. The number of hydrogen-bond donors (Lipinski definition) is 1. The Hall–Kier alpha value is -3.50. The monoisotopic (exact) mass is 449 g/mol. The van der Waals surface area contributed by atoms with Crippen LogP contribution in [0.3, 0.4) is 0 Å². The molecule has 1 aromatic heterocycles. The lowest BCUT2D eigenvalue weighted by Crippen LogP contribution is -2.36. The van der Waals surface area contributed by atoms with E-state index >= 15 is 0 Å². The maximum absolute atomic E-state index is 13.5. The number of carbonyl (C=O) groups excluding carboxylic acids is 1. The maximum Gasteiger partial charge on any atom is 0.273 e. The highest BCUT2D eigenvalue weighted by molar-refractivity contribution is 7.07. The van der Waals surface area contributed by atoms with Gasteiger partial charge in [0.05, 0.1) is 10.2 Å². The fraction of sp³-hybridized carbons (Fsp3) is 0.240. The van der Waals surface area contributed by atoms with Gasteiger partial charge in [0.15, 0.2) is 5.57 Å². The lowest BCUT2D eigenvalue weighted by molar-refractivity contribution is -0.116. The fourth-order valence-electron chi connectivity index (χ4n) is 3.13. The third-order valence-electron chi connectivity index (χ3n) is 4.78. The molecule has 0 atom stereocenters. The van der Waals surface area contributed by atoms with Gasteiger partial charge in [0.1, 0.15) is 16.5 Å². The number of amides is 1. The number of carbonyl (C=O) groups is 1. The molecule has 1 amide bonds. The van der Waals surface area contributed by atoms with Crippen LogP contribution in [-0.4, -0.2) is 16.5 Å². The molecule has 164 valence electrons. The molecular formula is C25H24FN3O2S. The van der Waals surface area contributed by atoms with Crippen LogP contribution in [0.25, 0.3) is 17.3 Å². The molecule has 0 radical (unpaired) electrons. The van der Waals surface area contributed by atoms with Crippen molar-refractivity contribution in [3.63, 3.8) is 0 Å². The predicted octanol–water partition coefficient (Wildman–Crippen LogP) is 3.19. The molecule has 1 N–H and O–H groups in total. The van der Waals surface area contributed by atoms with Crippen molar-refractivity contribution < 1.29 is 9.18 Å². The zero-order valence-electron chi connectivity index (χ0n) is 18.3. The van der Waals surface area contributed by atoms with Crippen molar-refractivity contribution in [1.29, 1.82) is 5.26 Å². The number of halogens is 1. The van der Waals surface area contributed by atoms with Crippen LogP contribution >= 0.6 is 11.3 Å². The van der Waals surface area contributed by atoms with Gasteiger partial charge in [0, 0.05) is 6.04 Å². The number of nitrogens with one attached hydrogen (secondary N) is 1. The number of benzene rings is 2. The minimum atomic E-state index is -0.563. The van der Waals surface area contributed by atoms with Gasteiger partial charge in [-0.15, -0.1) is 11.3 Å². The summed E-state index contributed by atoms with van der Waals surface area (Å²) in [6.45, 7) is 7.78. The smallest absolute Gasteiger partial charge is 0.273 e. The van der Waals surface area contributed by atoms with Crippen LogP contribution in [0.15, 0.2) is 53.3 Å². The van der Waals surface area contributed by atoms with E-state index in [1.807, 2.05) is 30.3 Å². The minimum absolute atomic E-state index is 0.167. The van der Waals surface area contributed by atoms with Gasteiger partial charge in [0.2, 0.25) is 0 Å². The molecule has 0 unspecified atom stereocenters. The van der Waals surface area contributed by atoms with Crippen molar-refractivity contribution >= 4 is 28.9 Å². The quantitative estimate of drug-likeness (QED) is 0.650. The highest BCUT2D eigenvalue weighted by Crippen LogP contribution is 2.15. The molecular weight excluding hydrogens is 425 g/mol. The largest absolute Gasteiger partial charge is 0.349 e.